The number of aryl methyl sites for hydroxylation is 2. The third-order valence-electron chi connectivity index (χ3n) is 6.40. The van der Waals surface area contributed by atoms with Crippen molar-refractivity contribution in [2.75, 3.05) is 10.7 Å². The second-order valence-electron chi connectivity index (χ2n) is 9.49. The Morgan fingerprint density at radius 3 is 2.38 bits per heavy atom. The molecule has 0 aliphatic carbocycles. The molecule has 206 valence electrons. The molecule has 7 nitrogen and oxygen atoms in total. The van der Waals surface area contributed by atoms with Gasteiger partial charge in [0, 0.05) is 23.0 Å². The Kier molecular flexibility index (Phi) is 7.66. The van der Waals surface area contributed by atoms with Crippen LogP contribution in [0.1, 0.15) is 23.6 Å². The largest absolute Gasteiger partial charge is 0.573 e. The molecule has 5 rings (SSSR count). The Bertz CT molecular complexity index is 1530. The zero-order valence-electron chi connectivity index (χ0n) is 22.0. The second kappa shape index (κ2) is 11.2. The Balaban J connectivity index is 1.26. The van der Waals surface area contributed by atoms with Crippen molar-refractivity contribution in [2.24, 2.45) is 4.99 Å². The van der Waals surface area contributed by atoms with E-state index >= 15 is 0 Å². The Hall–Kier alpha value is -4.12. The quantitative estimate of drug-likeness (QED) is 0.265. The standard InChI is InChI=1S/C29H26F3N5O2S/c1-18-5-4-6-19(2)26(18)37-20(3)16-40-28(37)34-25(38)15-21-7-9-22(10-8-21)27-33-17-36(35-27)23-11-13-24(14-12-23)39-29(30,31)32/h4-14,17,20H,15-16H2,1-3H3. The van der Waals surface area contributed by atoms with Crippen LogP contribution in [0.3, 0.4) is 0 Å². The van der Waals surface area contributed by atoms with Crippen molar-refractivity contribution >= 4 is 28.5 Å². The first-order valence-corrected chi connectivity index (χ1v) is 13.5. The summed E-state index contributed by atoms with van der Waals surface area (Å²) in [6, 6.07) is 19.1. The SMILES string of the molecule is Cc1cccc(C)c1N1C(=NC(=O)Cc2ccc(-c3ncn(-c4ccc(OC(F)(F)F)cc4)n3)cc2)SCC1C. The summed E-state index contributed by atoms with van der Waals surface area (Å²) in [6.45, 7) is 6.28. The lowest BCUT2D eigenvalue weighted by molar-refractivity contribution is -0.274. The van der Waals surface area contributed by atoms with Crippen molar-refractivity contribution in [2.45, 2.75) is 39.6 Å². The summed E-state index contributed by atoms with van der Waals surface area (Å²) in [5.74, 6) is 0.765. The number of aromatic nitrogens is 3. The van der Waals surface area contributed by atoms with Gasteiger partial charge in [0.05, 0.1) is 12.1 Å². The van der Waals surface area contributed by atoms with Gasteiger partial charge in [-0.3, -0.25) is 4.79 Å². The van der Waals surface area contributed by atoms with Crippen LogP contribution in [0.15, 0.2) is 78.0 Å². The van der Waals surface area contributed by atoms with Crippen LogP contribution in [0.5, 0.6) is 5.75 Å². The summed E-state index contributed by atoms with van der Waals surface area (Å²) < 4.78 is 42.5. The van der Waals surface area contributed by atoms with Crippen molar-refractivity contribution in [1.29, 1.82) is 0 Å². The van der Waals surface area contributed by atoms with Gasteiger partial charge in [0.15, 0.2) is 11.0 Å². The molecule has 4 aromatic rings. The van der Waals surface area contributed by atoms with Gasteiger partial charge in [0.2, 0.25) is 0 Å². The molecule has 3 aromatic carbocycles. The summed E-state index contributed by atoms with van der Waals surface area (Å²) in [5, 5.41) is 5.14. The van der Waals surface area contributed by atoms with E-state index in [0.29, 0.717) is 11.5 Å². The lowest BCUT2D eigenvalue weighted by atomic mass is 10.1. The number of ether oxygens (including phenoxy) is 1. The van der Waals surface area contributed by atoms with Crippen LogP contribution in [-0.2, 0) is 11.2 Å². The van der Waals surface area contributed by atoms with E-state index in [1.54, 1.807) is 11.8 Å². The lowest BCUT2D eigenvalue weighted by Crippen LogP contribution is -2.33. The number of amides is 1. The Morgan fingerprint density at radius 2 is 1.73 bits per heavy atom. The molecule has 0 spiro atoms. The highest BCUT2D eigenvalue weighted by Gasteiger charge is 2.31. The highest BCUT2D eigenvalue weighted by Crippen LogP contribution is 2.35. The lowest BCUT2D eigenvalue weighted by Gasteiger charge is -2.26. The molecule has 11 heteroatoms. The Labute approximate surface area is 233 Å². The number of halogens is 3. The number of rotatable bonds is 6. The first kappa shape index (κ1) is 27.4. The van der Waals surface area contributed by atoms with E-state index in [1.807, 2.05) is 30.3 Å². The van der Waals surface area contributed by atoms with E-state index in [9.17, 15) is 18.0 Å². The van der Waals surface area contributed by atoms with Crippen LogP contribution >= 0.6 is 11.8 Å². The average molecular weight is 566 g/mol. The Morgan fingerprint density at radius 1 is 1.05 bits per heavy atom. The van der Waals surface area contributed by atoms with Crippen molar-refractivity contribution in [3.8, 4) is 22.8 Å². The normalized spacial score (nSPS) is 16.5. The number of alkyl halides is 3. The molecular formula is C29H26F3N5O2S. The fourth-order valence-corrected chi connectivity index (χ4v) is 5.64. The summed E-state index contributed by atoms with van der Waals surface area (Å²) in [4.78, 5) is 23.9. The van der Waals surface area contributed by atoms with Gasteiger partial charge in [-0.15, -0.1) is 18.3 Å². The minimum Gasteiger partial charge on any atom is -0.406 e. The van der Waals surface area contributed by atoms with Crippen LogP contribution in [0.2, 0.25) is 0 Å². The first-order chi connectivity index (χ1) is 19.1. The predicted molar refractivity (Wildman–Crippen MR) is 150 cm³/mol. The molecule has 0 N–H and O–H groups in total. The van der Waals surface area contributed by atoms with E-state index < -0.39 is 6.36 Å². The minimum atomic E-state index is -4.75. The number of benzene rings is 3. The fraction of sp³-hybridized carbons (Fsp3) is 0.241. The number of hydrogen-bond acceptors (Lipinski definition) is 5. The number of hydrogen-bond donors (Lipinski definition) is 0. The number of aliphatic imine (C=N–C) groups is 1. The van der Waals surface area contributed by atoms with Gasteiger partial charge in [-0.1, -0.05) is 54.2 Å². The molecular weight excluding hydrogens is 539 g/mol. The molecule has 0 radical (unpaired) electrons. The van der Waals surface area contributed by atoms with Crippen LogP contribution in [0, 0.1) is 13.8 Å². The molecule has 1 unspecified atom stereocenters. The predicted octanol–water partition coefficient (Wildman–Crippen LogP) is 6.52. The number of para-hydroxylation sites is 1. The molecule has 0 bridgehead atoms. The molecule has 1 atom stereocenters. The summed E-state index contributed by atoms with van der Waals surface area (Å²) in [5.41, 5.74) is 5.48. The van der Waals surface area contributed by atoms with Gasteiger partial charge in [-0.25, -0.2) is 9.67 Å². The van der Waals surface area contributed by atoms with Gasteiger partial charge < -0.3 is 9.64 Å². The third-order valence-corrected chi connectivity index (χ3v) is 7.59. The smallest absolute Gasteiger partial charge is 0.406 e. The van der Waals surface area contributed by atoms with Crippen LogP contribution in [0.25, 0.3) is 17.1 Å². The number of carbonyl (C=O) groups excluding carboxylic acids is 1. The van der Waals surface area contributed by atoms with Crippen molar-refractivity contribution in [3.63, 3.8) is 0 Å². The second-order valence-corrected chi connectivity index (χ2v) is 10.5. The highest BCUT2D eigenvalue weighted by atomic mass is 32.2. The zero-order chi connectivity index (χ0) is 28.4. The topological polar surface area (TPSA) is 72.6 Å². The zero-order valence-corrected chi connectivity index (χ0v) is 22.8. The van der Waals surface area contributed by atoms with E-state index in [0.717, 1.165) is 38.9 Å². The van der Waals surface area contributed by atoms with Crippen molar-refractivity contribution in [1.82, 2.24) is 14.8 Å². The van der Waals surface area contributed by atoms with Gasteiger partial charge in [-0.2, -0.15) is 4.99 Å². The van der Waals surface area contributed by atoms with E-state index in [2.05, 4.69) is 57.6 Å². The minimum absolute atomic E-state index is 0.160. The molecule has 1 aromatic heterocycles. The molecule has 1 aliphatic rings. The van der Waals surface area contributed by atoms with E-state index in [4.69, 9.17) is 0 Å². The maximum Gasteiger partial charge on any atom is 0.573 e. The number of thioether (sulfide) groups is 1. The maximum atomic E-state index is 12.9. The summed E-state index contributed by atoms with van der Waals surface area (Å²) in [6.07, 6.45) is -3.11. The molecule has 0 saturated carbocycles. The molecule has 1 aliphatic heterocycles. The van der Waals surface area contributed by atoms with Gasteiger partial charge in [0.25, 0.3) is 5.91 Å². The molecule has 40 heavy (non-hydrogen) atoms. The number of anilines is 1. The first-order valence-electron chi connectivity index (χ1n) is 12.5. The highest BCUT2D eigenvalue weighted by molar-refractivity contribution is 8.14. The number of carbonyl (C=O) groups is 1. The molecule has 1 saturated heterocycles. The average Bonchev–Trinajstić information content (AvgIpc) is 3.52. The van der Waals surface area contributed by atoms with Crippen molar-refractivity contribution in [3.05, 3.63) is 89.7 Å². The van der Waals surface area contributed by atoms with Crippen LogP contribution < -0.4 is 9.64 Å². The maximum absolute atomic E-state index is 12.9. The monoisotopic (exact) mass is 565 g/mol. The third kappa shape index (κ3) is 6.20. The van der Waals surface area contributed by atoms with Gasteiger partial charge >= 0.3 is 6.36 Å². The van der Waals surface area contributed by atoms with Crippen molar-refractivity contribution < 1.29 is 22.7 Å². The van der Waals surface area contributed by atoms with Crippen LogP contribution in [0.4, 0.5) is 18.9 Å². The molecule has 2 heterocycles. The van der Waals surface area contributed by atoms with Gasteiger partial charge in [-0.05, 0) is 61.7 Å². The van der Waals surface area contributed by atoms with E-state index in [1.165, 1.54) is 35.3 Å². The van der Waals surface area contributed by atoms with E-state index in [-0.39, 0.29) is 24.1 Å². The summed E-state index contributed by atoms with van der Waals surface area (Å²) >= 11 is 1.59. The summed E-state index contributed by atoms with van der Waals surface area (Å²) in [7, 11) is 0. The molecule has 1 amide bonds. The number of nitrogens with zero attached hydrogens (tertiary/aromatic N) is 5. The molecule has 1 fully saturated rings. The van der Waals surface area contributed by atoms with Gasteiger partial charge in [0.1, 0.15) is 12.1 Å². The fourth-order valence-electron chi connectivity index (χ4n) is 4.53. The van der Waals surface area contributed by atoms with Crippen LogP contribution in [-0.4, -0.2) is 44.0 Å². The number of amidine groups is 1.